The summed E-state index contributed by atoms with van der Waals surface area (Å²) in [5.41, 5.74) is 1.26. The summed E-state index contributed by atoms with van der Waals surface area (Å²) in [6, 6.07) is 4.83. The van der Waals surface area contributed by atoms with Gasteiger partial charge in [0, 0.05) is 44.6 Å². The van der Waals surface area contributed by atoms with Crippen molar-refractivity contribution in [2.75, 3.05) is 39.8 Å². The van der Waals surface area contributed by atoms with Crippen LogP contribution < -0.4 is 5.32 Å². The van der Waals surface area contributed by atoms with Gasteiger partial charge in [-0.2, -0.15) is 0 Å². The van der Waals surface area contributed by atoms with E-state index in [0.717, 1.165) is 19.6 Å². The fourth-order valence-corrected chi connectivity index (χ4v) is 2.93. The van der Waals surface area contributed by atoms with Crippen molar-refractivity contribution in [3.63, 3.8) is 0 Å². The lowest BCUT2D eigenvalue weighted by molar-refractivity contribution is 0.184. The summed E-state index contributed by atoms with van der Waals surface area (Å²) in [5.74, 6) is 0. The number of likely N-dealkylation sites (N-methyl/N-ethyl adjacent to an activating group) is 1. The molecule has 2 rings (SSSR count). The summed E-state index contributed by atoms with van der Waals surface area (Å²) in [6.45, 7) is 9.09. The van der Waals surface area contributed by atoms with E-state index in [1.165, 1.54) is 38.0 Å². The summed E-state index contributed by atoms with van der Waals surface area (Å²) in [7, 11) is 2.24. The molecule has 1 aromatic heterocycles. The van der Waals surface area contributed by atoms with Gasteiger partial charge in [-0.15, -0.1) is 0 Å². The summed E-state index contributed by atoms with van der Waals surface area (Å²) < 4.78 is 0. The van der Waals surface area contributed by atoms with Crippen molar-refractivity contribution in [1.82, 2.24) is 20.1 Å². The molecule has 0 spiro atoms. The molecule has 0 aliphatic carbocycles. The van der Waals surface area contributed by atoms with Gasteiger partial charge in [-0.25, -0.2) is 0 Å². The first-order chi connectivity index (χ1) is 9.79. The molecule has 1 atom stereocenters. The number of aromatic nitrogens is 1. The Labute approximate surface area is 123 Å². The van der Waals surface area contributed by atoms with Crippen LogP contribution in [-0.4, -0.2) is 60.6 Å². The molecule has 0 saturated carbocycles. The Morgan fingerprint density at radius 1 is 1.40 bits per heavy atom. The Hall–Kier alpha value is -0.970. The van der Waals surface area contributed by atoms with Gasteiger partial charge in [-0.3, -0.25) is 9.88 Å². The molecule has 1 aromatic rings. The molecule has 1 aliphatic rings. The second kappa shape index (κ2) is 8.35. The lowest BCUT2D eigenvalue weighted by atomic mass is 10.2. The normalized spacial score (nSPS) is 21.8. The SMILES string of the molecule is CCC1CN(C)CCCN1CCNCc1cccnc1. The molecule has 20 heavy (non-hydrogen) atoms. The minimum atomic E-state index is 0.711. The van der Waals surface area contributed by atoms with E-state index in [1.807, 2.05) is 18.5 Å². The Morgan fingerprint density at radius 2 is 2.30 bits per heavy atom. The molecule has 4 nitrogen and oxygen atoms in total. The summed E-state index contributed by atoms with van der Waals surface area (Å²) in [5, 5.41) is 3.53. The van der Waals surface area contributed by atoms with Gasteiger partial charge in [-0.05, 0) is 44.6 Å². The molecule has 1 aliphatic heterocycles. The van der Waals surface area contributed by atoms with Gasteiger partial charge in [0.25, 0.3) is 0 Å². The van der Waals surface area contributed by atoms with Gasteiger partial charge in [0.15, 0.2) is 0 Å². The predicted molar refractivity (Wildman–Crippen MR) is 83.7 cm³/mol. The second-order valence-corrected chi connectivity index (χ2v) is 5.75. The van der Waals surface area contributed by atoms with E-state index in [4.69, 9.17) is 0 Å². The zero-order chi connectivity index (χ0) is 14.2. The lowest BCUT2D eigenvalue weighted by Gasteiger charge is -2.30. The van der Waals surface area contributed by atoms with Crippen molar-refractivity contribution in [2.45, 2.75) is 32.4 Å². The van der Waals surface area contributed by atoms with Gasteiger partial charge in [-0.1, -0.05) is 13.0 Å². The molecular formula is C16H28N4. The van der Waals surface area contributed by atoms with Gasteiger partial charge in [0.05, 0.1) is 0 Å². The predicted octanol–water partition coefficient (Wildman–Crippen LogP) is 1.59. The number of hydrogen-bond donors (Lipinski definition) is 1. The third-order valence-electron chi connectivity index (χ3n) is 4.12. The Bertz CT molecular complexity index is 368. The Balaban J connectivity index is 1.72. The minimum absolute atomic E-state index is 0.711. The first kappa shape index (κ1) is 15.4. The van der Waals surface area contributed by atoms with Crippen LogP contribution in [0.5, 0.6) is 0 Å². The maximum absolute atomic E-state index is 4.14. The highest BCUT2D eigenvalue weighted by Gasteiger charge is 2.21. The van der Waals surface area contributed by atoms with E-state index in [0.29, 0.717) is 6.04 Å². The average Bonchev–Trinajstić information content (AvgIpc) is 2.66. The first-order valence-electron chi connectivity index (χ1n) is 7.82. The van der Waals surface area contributed by atoms with Crippen molar-refractivity contribution in [2.24, 2.45) is 0 Å². The van der Waals surface area contributed by atoms with Crippen molar-refractivity contribution >= 4 is 0 Å². The topological polar surface area (TPSA) is 31.4 Å². The van der Waals surface area contributed by atoms with E-state index in [2.05, 4.69) is 40.1 Å². The van der Waals surface area contributed by atoms with Crippen molar-refractivity contribution in [3.8, 4) is 0 Å². The summed E-state index contributed by atoms with van der Waals surface area (Å²) in [4.78, 5) is 9.27. The molecule has 4 heteroatoms. The minimum Gasteiger partial charge on any atom is -0.311 e. The van der Waals surface area contributed by atoms with Crippen LogP contribution in [0.4, 0.5) is 0 Å². The second-order valence-electron chi connectivity index (χ2n) is 5.75. The maximum Gasteiger partial charge on any atom is 0.0312 e. The molecule has 0 amide bonds. The molecule has 1 unspecified atom stereocenters. The van der Waals surface area contributed by atoms with Crippen LogP contribution >= 0.6 is 0 Å². The largest absolute Gasteiger partial charge is 0.311 e. The molecule has 0 bridgehead atoms. The number of nitrogens with one attached hydrogen (secondary N) is 1. The fourth-order valence-electron chi connectivity index (χ4n) is 2.93. The number of rotatable bonds is 6. The highest BCUT2D eigenvalue weighted by atomic mass is 15.2. The molecular weight excluding hydrogens is 248 g/mol. The van der Waals surface area contributed by atoms with E-state index in [9.17, 15) is 0 Å². The van der Waals surface area contributed by atoms with E-state index in [-0.39, 0.29) is 0 Å². The molecule has 1 fully saturated rings. The third-order valence-corrected chi connectivity index (χ3v) is 4.12. The van der Waals surface area contributed by atoms with Crippen LogP contribution in [0, 0.1) is 0 Å². The third kappa shape index (κ3) is 4.85. The van der Waals surface area contributed by atoms with Crippen LogP contribution in [0.2, 0.25) is 0 Å². The quantitative estimate of drug-likeness (QED) is 0.800. The smallest absolute Gasteiger partial charge is 0.0312 e. The van der Waals surface area contributed by atoms with Gasteiger partial charge in [0.2, 0.25) is 0 Å². The van der Waals surface area contributed by atoms with Gasteiger partial charge in [0.1, 0.15) is 0 Å². The lowest BCUT2D eigenvalue weighted by Crippen LogP contribution is -2.42. The molecule has 0 aromatic carbocycles. The fraction of sp³-hybridized carbons (Fsp3) is 0.688. The van der Waals surface area contributed by atoms with E-state index >= 15 is 0 Å². The Morgan fingerprint density at radius 3 is 3.05 bits per heavy atom. The highest BCUT2D eigenvalue weighted by Crippen LogP contribution is 2.11. The number of pyridine rings is 1. The van der Waals surface area contributed by atoms with E-state index < -0.39 is 0 Å². The zero-order valence-corrected chi connectivity index (χ0v) is 12.9. The molecule has 2 heterocycles. The molecule has 112 valence electrons. The maximum atomic E-state index is 4.14. The summed E-state index contributed by atoms with van der Waals surface area (Å²) >= 11 is 0. The van der Waals surface area contributed by atoms with Crippen LogP contribution in [0.3, 0.4) is 0 Å². The van der Waals surface area contributed by atoms with Crippen molar-refractivity contribution in [3.05, 3.63) is 30.1 Å². The highest BCUT2D eigenvalue weighted by molar-refractivity contribution is 5.07. The van der Waals surface area contributed by atoms with E-state index in [1.54, 1.807) is 0 Å². The van der Waals surface area contributed by atoms with Crippen molar-refractivity contribution in [1.29, 1.82) is 0 Å². The average molecular weight is 276 g/mol. The number of hydrogen-bond acceptors (Lipinski definition) is 4. The molecule has 1 N–H and O–H groups in total. The first-order valence-corrected chi connectivity index (χ1v) is 7.82. The van der Waals surface area contributed by atoms with Crippen LogP contribution in [0.15, 0.2) is 24.5 Å². The molecule has 0 radical (unpaired) electrons. The standard InChI is InChI=1S/C16H28N4/c1-3-16-14-19(2)9-5-10-20(16)11-8-18-13-15-6-4-7-17-12-15/h4,6-7,12,16,18H,3,5,8-11,13-14H2,1-2H3. The van der Waals surface area contributed by atoms with Crippen LogP contribution in [0.1, 0.15) is 25.3 Å². The number of nitrogens with zero attached hydrogens (tertiary/aromatic N) is 3. The van der Waals surface area contributed by atoms with Crippen LogP contribution in [0.25, 0.3) is 0 Å². The molecule has 1 saturated heterocycles. The van der Waals surface area contributed by atoms with Crippen LogP contribution in [-0.2, 0) is 6.54 Å². The monoisotopic (exact) mass is 276 g/mol. The summed E-state index contributed by atoms with van der Waals surface area (Å²) in [6.07, 6.45) is 6.29. The van der Waals surface area contributed by atoms with Gasteiger partial charge >= 0.3 is 0 Å². The Kier molecular flexibility index (Phi) is 6.43. The van der Waals surface area contributed by atoms with Gasteiger partial charge < -0.3 is 10.2 Å². The van der Waals surface area contributed by atoms with Crippen molar-refractivity contribution < 1.29 is 0 Å². The zero-order valence-electron chi connectivity index (χ0n) is 12.9.